The van der Waals surface area contributed by atoms with Crippen molar-refractivity contribution in [1.29, 1.82) is 0 Å². The van der Waals surface area contributed by atoms with E-state index < -0.39 is 6.17 Å². The zero-order valence-corrected chi connectivity index (χ0v) is 7.68. The molecule has 0 aliphatic heterocycles. The third-order valence-electron chi connectivity index (χ3n) is 1.41. The number of alkyl halides is 1. The number of aromatic nitrogens is 2. The number of halogens is 2. The van der Waals surface area contributed by atoms with Gasteiger partial charge in [-0.15, -0.1) is 0 Å². The molecular weight excluding hydrogens is 213 g/mol. The molecule has 1 atom stereocenters. The second kappa shape index (κ2) is 3.32. The molecule has 0 fully saturated rings. The van der Waals surface area contributed by atoms with E-state index in [-0.39, 0.29) is 6.54 Å². The van der Waals surface area contributed by atoms with Crippen molar-refractivity contribution in [2.24, 2.45) is 12.8 Å². The van der Waals surface area contributed by atoms with Crippen LogP contribution in [0.15, 0.2) is 10.7 Å². The Morgan fingerprint density at radius 3 is 2.91 bits per heavy atom. The Morgan fingerprint density at radius 1 is 1.91 bits per heavy atom. The van der Waals surface area contributed by atoms with Gasteiger partial charge in [-0.25, -0.2) is 4.39 Å². The van der Waals surface area contributed by atoms with E-state index in [0.717, 1.165) is 0 Å². The van der Waals surface area contributed by atoms with Gasteiger partial charge < -0.3 is 5.73 Å². The van der Waals surface area contributed by atoms with E-state index in [0.29, 0.717) is 10.3 Å². The average molecular weight is 222 g/mol. The largest absolute Gasteiger partial charge is 0.327 e. The summed E-state index contributed by atoms with van der Waals surface area (Å²) in [7, 11) is 1.68. The van der Waals surface area contributed by atoms with Gasteiger partial charge in [0.05, 0.1) is 5.69 Å². The summed E-state index contributed by atoms with van der Waals surface area (Å²) in [5, 5.41) is 3.92. The van der Waals surface area contributed by atoms with Crippen molar-refractivity contribution in [2.45, 2.75) is 6.17 Å². The van der Waals surface area contributed by atoms with Gasteiger partial charge in [0.1, 0.15) is 4.60 Å². The number of rotatable bonds is 2. The highest BCUT2D eigenvalue weighted by atomic mass is 79.9. The van der Waals surface area contributed by atoms with Gasteiger partial charge in [0.25, 0.3) is 0 Å². The van der Waals surface area contributed by atoms with Crippen LogP contribution in [0.4, 0.5) is 4.39 Å². The summed E-state index contributed by atoms with van der Waals surface area (Å²) >= 11 is 3.14. The third-order valence-corrected chi connectivity index (χ3v) is 1.80. The fourth-order valence-electron chi connectivity index (χ4n) is 0.859. The highest BCUT2D eigenvalue weighted by Crippen LogP contribution is 2.18. The van der Waals surface area contributed by atoms with Crippen molar-refractivity contribution in [2.75, 3.05) is 6.54 Å². The van der Waals surface area contributed by atoms with E-state index in [2.05, 4.69) is 21.0 Å². The van der Waals surface area contributed by atoms with Gasteiger partial charge in [-0.05, 0) is 22.0 Å². The third kappa shape index (κ3) is 1.78. The Kier molecular flexibility index (Phi) is 2.62. The molecule has 0 aromatic carbocycles. The lowest BCUT2D eigenvalue weighted by molar-refractivity contribution is 0.334. The standard InChI is InChI=1S/C6H9BrFN3/c1-11-5(4(8)3-9)2-6(7)10-11/h2,4H,3,9H2,1H3. The molecule has 1 rings (SSSR count). The van der Waals surface area contributed by atoms with Gasteiger partial charge in [0.2, 0.25) is 0 Å². The topological polar surface area (TPSA) is 43.8 Å². The fraction of sp³-hybridized carbons (Fsp3) is 0.500. The van der Waals surface area contributed by atoms with Gasteiger partial charge in [0, 0.05) is 13.6 Å². The Hall–Kier alpha value is -0.420. The average Bonchev–Trinajstić information content (AvgIpc) is 2.28. The number of hydrogen-bond acceptors (Lipinski definition) is 2. The smallest absolute Gasteiger partial charge is 0.154 e. The molecule has 0 saturated carbocycles. The maximum atomic E-state index is 12.9. The molecule has 0 bridgehead atoms. The molecule has 1 aromatic heterocycles. The molecule has 0 spiro atoms. The predicted molar refractivity (Wildman–Crippen MR) is 43.8 cm³/mol. The fourth-order valence-corrected chi connectivity index (χ4v) is 1.33. The van der Waals surface area contributed by atoms with Crippen molar-refractivity contribution >= 4 is 15.9 Å². The summed E-state index contributed by atoms with van der Waals surface area (Å²) in [6, 6.07) is 1.62. The number of hydrogen-bond donors (Lipinski definition) is 1. The quantitative estimate of drug-likeness (QED) is 0.815. The van der Waals surface area contributed by atoms with Crippen LogP contribution in [0.3, 0.4) is 0 Å². The lowest BCUT2D eigenvalue weighted by atomic mass is 10.3. The molecule has 5 heteroatoms. The summed E-state index contributed by atoms with van der Waals surface area (Å²) in [5.41, 5.74) is 5.65. The monoisotopic (exact) mass is 221 g/mol. The zero-order chi connectivity index (χ0) is 8.43. The first kappa shape index (κ1) is 8.67. The Bertz CT molecular complexity index is 248. The number of nitrogens with two attached hydrogens (primary N) is 1. The minimum atomic E-state index is -1.13. The molecule has 62 valence electrons. The molecule has 11 heavy (non-hydrogen) atoms. The second-order valence-electron chi connectivity index (χ2n) is 2.22. The van der Waals surface area contributed by atoms with Crippen molar-refractivity contribution in [3.63, 3.8) is 0 Å². The first-order valence-corrected chi connectivity index (χ1v) is 3.98. The second-order valence-corrected chi connectivity index (χ2v) is 3.03. The molecule has 0 saturated heterocycles. The van der Waals surface area contributed by atoms with Gasteiger partial charge in [-0.1, -0.05) is 0 Å². The lowest BCUT2D eigenvalue weighted by Gasteiger charge is -2.03. The van der Waals surface area contributed by atoms with Crippen molar-refractivity contribution < 1.29 is 4.39 Å². The minimum absolute atomic E-state index is 0.00796. The summed E-state index contributed by atoms with van der Waals surface area (Å²) in [5.74, 6) is 0. The van der Waals surface area contributed by atoms with Crippen LogP contribution in [-0.2, 0) is 7.05 Å². The number of nitrogens with zero attached hydrogens (tertiary/aromatic N) is 2. The van der Waals surface area contributed by atoms with Gasteiger partial charge in [-0.3, -0.25) is 4.68 Å². The van der Waals surface area contributed by atoms with Crippen LogP contribution in [0.25, 0.3) is 0 Å². The predicted octanol–water partition coefficient (Wildman–Crippen LogP) is 1.15. The maximum Gasteiger partial charge on any atom is 0.154 e. The van der Waals surface area contributed by atoms with Crippen molar-refractivity contribution in [1.82, 2.24) is 9.78 Å². The summed E-state index contributed by atoms with van der Waals surface area (Å²) in [6.45, 7) is -0.00796. The minimum Gasteiger partial charge on any atom is -0.327 e. The Morgan fingerprint density at radius 2 is 2.55 bits per heavy atom. The molecule has 0 amide bonds. The normalized spacial score (nSPS) is 13.5. The molecule has 0 radical (unpaired) electrons. The van der Waals surface area contributed by atoms with Crippen LogP contribution in [0, 0.1) is 0 Å². The van der Waals surface area contributed by atoms with Crippen molar-refractivity contribution in [3.05, 3.63) is 16.4 Å². The number of aryl methyl sites for hydroxylation is 1. The van der Waals surface area contributed by atoms with E-state index in [9.17, 15) is 4.39 Å². The SMILES string of the molecule is Cn1nc(Br)cc1C(F)CN. The van der Waals surface area contributed by atoms with Gasteiger partial charge >= 0.3 is 0 Å². The highest BCUT2D eigenvalue weighted by Gasteiger charge is 2.12. The Balaban J connectivity index is 2.93. The molecule has 1 aromatic rings. The molecular formula is C6H9BrFN3. The zero-order valence-electron chi connectivity index (χ0n) is 6.09. The van der Waals surface area contributed by atoms with E-state index >= 15 is 0 Å². The first-order valence-electron chi connectivity index (χ1n) is 3.18. The van der Waals surface area contributed by atoms with Gasteiger partial charge in [0.15, 0.2) is 6.17 Å². The summed E-state index contributed by atoms with van der Waals surface area (Å²) < 4.78 is 15.0. The van der Waals surface area contributed by atoms with E-state index in [4.69, 9.17) is 5.73 Å². The summed E-state index contributed by atoms with van der Waals surface area (Å²) in [4.78, 5) is 0. The maximum absolute atomic E-state index is 12.9. The van der Waals surface area contributed by atoms with Crippen LogP contribution in [0.2, 0.25) is 0 Å². The van der Waals surface area contributed by atoms with Crippen LogP contribution in [-0.4, -0.2) is 16.3 Å². The van der Waals surface area contributed by atoms with Crippen molar-refractivity contribution in [3.8, 4) is 0 Å². The van der Waals surface area contributed by atoms with E-state index in [1.807, 2.05) is 0 Å². The first-order chi connectivity index (χ1) is 5.15. The molecule has 1 unspecified atom stereocenters. The highest BCUT2D eigenvalue weighted by molar-refractivity contribution is 9.10. The molecule has 2 N–H and O–H groups in total. The molecule has 0 aliphatic rings. The van der Waals surface area contributed by atoms with Crippen LogP contribution >= 0.6 is 15.9 Å². The van der Waals surface area contributed by atoms with E-state index in [1.165, 1.54) is 4.68 Å². The Labute approximate surface area is 72.5 Å². The summed E-state index contributed by atoms with van der Waals surface area (Å²) in [6.07, 6.45) is -1.13. The van der Waals surface area contributed by atoms with Crippen LogP contribution in [0.1, 0.15) is 11.9 Å². The molecule has 3 nitrogen and oxygen atoms in total. The van der Waals surface area contributed by atoms with Gasteiger partial charge in [-0.2, -0.15) is 5.10 Å². The van der Waals surface area contributed by atoms with Crippen LogP contribution in [0.5, 0.6) is 0 Å². The van der Waals surface area contributed by atoms with Crippen LogP contribution < -0.4 is 5.73 Å². The molecule has 1 heterocycles. The van der Waals surface area contributed by atoms with E-state index in [1.54, 1.807) is 13.1 Å². The molecule has 0 aliphatic carbocycles. The lowest BCUT2D eigenvalue weighted by Crippen LogP contribution is -2.11.